The molecular weight excluding hydrogens is 334 g/mol. The summed E-state index contributed by atoms with van der Waals surface area (Å²) < 4.78 is 5.09. The van der Waals surface area contributed by atoms with Crippen LogP contribution in [-0.4, -0.2) is 29.4 Å². The van der Waals surface area contributed by atoms with E-state index >= 15 is 0 Å². The van der Waals surface area contributed by atoms with E-state index in [9.17, 15) is 14.4 Å². The zero-order chi connectivity index (χ0) is 18.9. The van der Waals surface area contributed by atoms with E-state index in [1.165, 1.54) is 0 Å². The molecule has 2 aromatic rings. The highest BCUT2D eigenvalue weighted by Gasteiger charge is 2.09. The summed E-state index contributed by atoms with van der Waals surface area (Å²) in [6, 6.07) is 14.1. The molecule has 136 valence electrons. The second-order valence-corrected chi connectivity index (χ2v) is 5.90. The Morgan fingerprint density at radius 2 is 1.77 bits per heavy atom. The molecule has 0 saturated heterocycles. The molecule has 0 aliphatic heterocycles. The Kier molecular flexibility index (Phi) is 6.91. The fourth-order valence-corrected chi connectivity index (χ4v) is 2.29. The number of carbonyl (C=O) groups is 3. The summed E-state index contributed by atoms with van der Waals surface area (Å²) in [5.41, 5.74) is 2.46. The number of aryl methyl sites for hydroxylation is 1. The number of carboxylic acid groups (broad SMARTS) is 1. The van der Waals surface area contributed by atoms with Gasteiger partial charge in [0.25, 0.3) is 0 Å². The van der Waals surface area contributed by atoms with Crippen molar-refractivity contribution in [1.29, 1.82) is 0 Å². The Morgan fingerprint density at radius 3 is 2.46 bits per heavy atom. The summed E-state index contributed by atoms with van der Waals surface area (Å²) >= 11 is 0. The van der Waals surface area contributed by atoms with Crippen LogP contribution in [0.2, 0.25) is 0 Å². The first-order valence-electron chi connectivity index (χ1n) is 8.24. The van der Waals surface area contributed by atoms with Crippen LogP contribution in [0.15, 0.2) is 48.5 Å². The Balaban J connectivity index is 1.78. The molecular formula is C20H21NO5. The average molecular weight is 355 g/mol. The van der Waals surface area contributed by atoms with Crippen LogP contribution in [0.3, 0.4) is 0 Å². The maximum Gasteiger partial charge on any atom is 0.341 e. The number of rotatable bonds is 9. The second-order valence-electron chi connectivity index (χ2n) is 5.90. The third-order valence-electron chi connectivity index (χ3n) is 3.70. The zero-order valence-electron chi connectivity index (χ0n) is 14.5. The molecule has 0 atom stereocenters. The number of hydrogen-bond donors (Lipinski definition) is 2. The van der Waals surface area contributed by atoms with Crippen LogP contribution in [0.5, 0.6) is 5.75 Å². The van der Waals surface area contributed by atoms with Crippen LogP contribution in [0.1, 0.15) is 34.3 Å². The van der Waals surface area contributed by atoms with Crippen LogP contribution >= 0.6 is 0 Å². The van der Waals surface area contributed by atoms with Crippen molar-refractivity contribution in [3.05, 3.63) is 65.2 Å². The third-order valence-corrected chi connectivity index (χ3v) is 3.70. The molecule has 2 rings (SSSR count). The molecule has 0 radical (unpaired) electrons. The lowest BCUT2D eigenvalue weighted by Gasteiger charge is -2.08. The Labute approximate surface area is 151 Å². The lowest BCUT2D eigenvalue weighted by Crippen LogP contribution is -2.23. The maximum atomic E-state index is 12.1. The first kappa shape index (κ1) is 19.2. The molecule has 6 nitrogen and oxygen atoms in total. The van der Waals surface area contributed by atoms with Crippen molar-refractivity contribution in [3.63, 3.8) is 0 Å². The average Bonchev–Trinajstić information content (AvgIpc) is 2.63. The van der Waals surface area contributed by atoms with Crippen molar-refractivity contribution < 1.29 is 24.2 Å². The van der Waals surface area contributed by atoms with Gasteiger partial charge in [0.15, 0.2) is 12.4 Å². The van der Waals surface area contributed by atoms with E-state index in [-0.39, 0.29) is 31.1 Å². The van der Waals surface area contributed by atoms with Crippen LogP contribution in [-0.2, 0) is 16.1 Å². The van der Waals surface area contributed by atoms with E-state index < -0.39 is 12.6 Å². The highest BCUT2D eigenvalue weighted by molar-refractivity contribution is 5.97. The van der Waals surface area contributed by atoms with Crippen LogP contribution in [0, 0.1) is 6.92 Å². The molecule has 0 aliphatic carbocycles. The Bertz CT molecular complexity index is 783. The maximum absolute atomic E-state index is 12.1. The van der Waals surface area contributed by atoms with Gasteiger partial charge in [-0.15, -0.1) is 0 Å². The quantitative estimate of drug-likeness (QED) is 0.675. The number of nitrogens with one attached hydrogen (secondary N) is 1. The third kappa shape index (κ3) is 6.39. The minimum atomic E-state index is -1.05. The molecule has 26 heavy (non-hydrogen) atoms. The van der Waals surface area contributed by atoms with E-state index in [0.717, 1.165) is 11.1 Å². The predicted octanol–water partition coefficient (Wildman–Crippen LogP) is 2.74. The molecule has 0 bridgehead atoms. The van der Waals surface area contributed by atoms with Gasteiger partial charge < -0.3 is 15.2 Å². The van der Waals surface area contributed by atoms with E-state index in [2.05, 4.69) is 5.32 Å². The molecule has 0 spiro atoms. The SMILES string of the molecule is Cc1ccc(C(=O)CCC(=O)NCc2cccc(OCC(=O)O)c2)cc1. The number of benzene rings is 2. The second kappa shape index (κ2) is 9.36. The molecule has 0 aliphatic rings. The standard InChI is InChI=1S/C20H21NO5/c1-14-5-7-16(8-6-14)18(22)9-10-19(23)21-12-15-3-2-4-17(11-15)26-13-20(24)25/h2-8,11H,9-10,12-13H2,1H3,(H,21,23)(H,24,25). The van der Waals surface area contributed by atoms with Crippen LogP contribution < -0.4 is 10.1 Å². The van der Waals surface area contributed by atoms with Crippen molar-refractivity contribution in [2.45, 2.75) is 26.3 Å². The minimum absolute atomic E-state index is 0.0655. The summed E-state index contributed by atoms with van der Waals surface area (Å²) in [5, 5.41) is 11.4. The molecule has 6 heteroatoms. The molecule has 1 amide bonds. The molecule has 0 saturated carbocycles. The highest BCUT2D eigenvalue weighted by atomic mass is 16.5. The monoisotopic (exact) mass is 355 g/mol. The van der Waals surface area contributed by atoms with Gasteiger partial charge in [0.2, 0.25) is 5.91 Å². The van der Waals surface area contributed by atoms with Gasteiger partial charge in [-0.05, 0) is 24.6 Å². The predicted molar refractivity (Wildman–Crippen MR) is 96.2 cm³/mol. The summed E-state index contributed by atoms with van der Waals surface area (Å²) in [6.07, 6.45) is 0.262. The number of Topliss-reactive ketones (excluding diaryl/α,β-unsaturated/α-hetero) is 1. The molecule has 0 heterocycles. The number of carboxylic acids is 1. The van der Waals surface area contributed by atoms with Crippen molar-refractivity contribution in [3.8, 4) is 5.75 Å². The van der Waals surface area contributed by atoms with Crippen molar-refractivity contribution in [1.82, 2.24) is 5.32 Å². The summed E-state index contributed by atoms with van der Waals surface area (Å²) in [5.74, 6) is -0.915. The normalized spacial score (nSPS) is 10.2. The van der Waals surface area contributed by atoms with Gasteiger partial charge in [-0.3, -0.25) is 9.59 Å². The van der Waals surface area contributed by atoms with Crippen molar-refractivity contribution in [2.24, 2.45) is 0 Å². The Hall–Kier alpha value is -3.15. The number of ether oxygens (including phenoxy) is 1. The van der Waals surface area contributed by atoms with Gasteiger partial charge in [0.1, 0.15) is 5.75 Å². The van der Waals surface area contributed by atoms with Crippen molar-refractivity contribution >= 4 is 17.7 Å². The smallest absolute Gasteiger partial charge is 0.341 e. The molecule has 2 N–H and O–H groups in total. The van der Waals surface area contributed by atoms with Gasteiger partial charge in [0.05, 0.1) is 0 Å². The van der Waals surface area contributed by atoms with E-state index in [1.807, 2.05) is 19.1 Å². The Morgan fingerprint density at radius 1 is 1.04 bits per heavy atom. The van der Waals surface area contributed by atoms with Gasteiger partial charge in [-0.25, -0.2) is 4.79 Å². The lowest BCUT2D eigenvalue weighted by molar-refractivity contribution is -0.139. The van der Waals surface area contributed by atoms with E-state index in [0.29, 0.717) is 11.3 Å². The minimum Gasteiger partial charge on any atom is -0.482 e. The van der Waals surface area contributed by atoms with Gasteiger partial charge in [-0.1, -0.05) is 42.0 Å². The molecule has 0 aromatic heterocycles. The van der Waals surface area contributed by atoms with E-state index in [4.69, 9.17) is 9.84 Å². The van der Waals surface area contributed by atoms with Gasteiger partial charge in [-0.2, -0.15) is 0 Å². The summed E-state index contributed by atoms with van der Waals surface area (Å²) in [7, 11) is 0. The molecule has 2 aromatic carbocycles. The zero-order valence-corrected chi connectivity index (χ0v) is 14.5. The van der Waals surface area contributed by atoms with E-state index in [1.54, 1.807) is 36.4 Å². The summed E-state index contributed by atoms with van der Waals surface area (Å²) in [6.45, 7) is 1.81. The van der Waals surface area contributed by atoms with Gasteiger partial charge >= 0.3 is 5.97 Å². The molecule has 0 unspecified atom stereocenters. The van der Waals surface area contributed by atoms with Crippen molar-refractivity contribution in [2.75, 3.05) is 6.61 Å². The number of ketones is 1. The number of carbonyl (C=O) groups excluding carboxylic acids is 2. The lowest BCUT2D eigenvalue weighted by atomic mass is 10.0. The topological polar surface area (TPSA) is 92.7 Å². The van der Waals surface area contributed by atoms with Crippen LogP contribution in [0.25, 0.3) is 0 Å². The fraction of sp³-hybridized carbons (Fsp3) is 0.250. The highest BCUT2D eigenvalue weighted by Crippen LogP contribution is 2.13. The van der Waals surface area contributed by atoms with Crippen LogP contribution in [0.4, 0.5) is 0 Å². The van der Waals surface area contributed by atoms with Gasteiger partial charge in [0, 0.05) is 24.9 Å². The molecule has 0 fully saturated rings. The largest absolute Gasteiger partial charge is 0.482 e. The number of amides is 1. The first-order chi connectivity index (χ1) is 12.4. The number of hydrogen-bond acceptors (Lipinski definition) is 4. The first-order valence-corrected chi connectivity index (χ1v) is 8.24. The number of aliphatic carboxylic acids is 1. The summed E-state index contributed by atoms with van der Waals surface area (Å²) in [4.78, 5) is 34.5. The fourth-order valence-electron chi connectivity index (χ4n) is 2.29.